The zero-order valence-corrected chi connectivity index (χ0v) is 11.4. The van der Waals surface area contributed by atoms with Crippen molar-refractivity contribution in [1.29, 1.82) is 0 Å². The average molecular weight is 251 g/mol. The van der Waals surface area contributed by atoms with Crippen LogP contribution < -0.4 is 0 Å². The van der Waals surface area contributed by atoms with Crippen molar-refractivity contribution in [3.63, 3.8) is 0 Å². The quantitative estimate of drug-likeness (QED) is 0.757. The van der Waals surface area contributed by atoms with Crippen LogP contribution in [0.3, 0.4) is 0 Å². The fraction of sp³-hybridized carbons (Fsp3) is 0.857. The van der Waals surface area contributed by atoms with E-state index in [-0.39, 0.29) is 17.6 Å². The summed E-state index contributed by atoms with van der Waals surface area (Å²) in [5, 5.41) is 0. The van der Waals surface area contributed by atoms with E-state index < -0.39 is 5.60 Å². The van der Waals surface area contributed by atoms with Crippen LogP contribution in [0.4, 0.5) is 4.79 Å². The Morgan fingerprint density at radius 3 is 2.17 bits per heavy atom. The van der Waals surface area contributed by atoms with E-state index in [9.17, 15) is 9.59 Å². The van der Waals surface area contributed by atoms with Crippen LogP contribution in [-0.2, 0) is 9.53 Å². The second-order valence-electron chi connectivity index (χ2n) is 7.10. The third-order valence-corrected chi connectivity index (χ3v) is 4.51. The van der Waals surface area contributed by atoms with Crippen LogP contribution >= 0.6 is 0 Å². The third-order valence-electron chi connectivity index (χ3n) is 4.51. The topological polar surface area (TPSA) is 46.6 Å². The Balaban J connectivity index is 1.61. The van der Waals surface area contributed by atoms with E-state index in [0.29, 0.717) is 12.3 Å². The van der Waals surface area contributed by atoms with E-state index in [1.54, 1.807) is 4.90 Å². The SMILES string of the molecule is CC(C)(C)OC(=O)N1CCC1C(=O)C12CC(C1)C2. The van der Waals surface area contributed by atoms with E-state index in [1.807, 2.05) is 20.8 Å². The molecule has 0 spiro atoms. The fourth-order valence-electron chi connectivity index (χ4n) is 3.33. The third kappa shape index (κ3) is 1.65. The first-order chi connectivity index (χ1) is 8.31. The number of ketones is 1. The highest BCUT2D eigenvalue weighted by atomic mass is 16.6. The first kappa shape index (κ1) is 12.0. The van der Waals surface area contributed by atoms with E-state index in [0.717, 1.165) is 31.6 Å². The van der Waals surface area contributed by atoms with Crippen LogP contribution in [0, 0.1) is 11.3 Å². The smallest absolute Gasteiger partial charge is 0.410 e. The summed E-state index contributed by atoms with van der Waals surface area (Å²) in [5.74, 6) is 1.09. The normalized spacial score (nSPS) is 37.2. The molecule has 100 valence electrons. The predicted molar refractivity (Wildman–Crippen MR) is 66.1 cm³/mol. The van der Waals surface area contributed by atoms with Gasteiger partial charge in [-0.2, -0.15) is 0 Å². The number of Topliss-reactive ketones (excluding diaryl/α,β-unsaturated/α-hetero) is 1. The van der Waals surface area contributed by atoms with Gasteiger partial charge in [-0.05, 0) is 52.4 Å². The van der Waals surface area contributed by atoms with E-state index in [1.165, 1.54) is 0 Å². The van der Waals surface area contributed by atoms with Crippen molar-refractivity contribution in [2.24, 2.45) is 11.3 Å². The zero-order chi connectivity index (χ0) is 13.1. The maximum absolute atomic E-state index is 12.4. The van der Waals surface area contributed by atoms with E-state index in [2.05, 4.69) is 0 Å². The van der Waals surface area contributed by atoms with Gasteiger partial charge in [0.1, 0.15) is 5.60 Å². The maximum atomic E-state index is 12.4. The van der Waals surface area contributed by atoms with Crippen molar-refractivity contribution < 1.29 is 14.3 Å². The summed E-state index contributed by atoms with van der Waals surface area (Å²) >= 11 is 0. The standard InChI is InChI=1S/C14H21NO3/c1-13(2,3)18-12(17)15-5-4-10(15)11(16)14-6-9(7-14)8-14/h9-10H,4-8H2,1-3H3. The van der Waals surface area contributed by atoms with Crippen molar-refractivity contribution in [1.82, 2.24) is 4.90 Å². The Hall–Kier alpha value is -1.06. The first-order valence-corrected chi connectivity index (χ1v) is 6.85. The fourth-order valence-corrected chi connectivity index (χ4v) is 3.33. The molecular formula is C14H21NO3. The van der Waals surface area contributed by atoms with Gasteiger partial charge in [-0.25, -0.2) is 4.79 Å². The van der Waals surface area contributed by atoms with Crippen LogP contribution in [0.15, 0.2) is 0 Å². The minimum absolute atomic E-state index is 0.0456. The second-order valence-corrected chi connectivity index (χ2v) is 7.10. The molecule has 0 aromatic rings. The van der Waals surface area contributed by atoms with Gasteiger partial charge in [-0.15, -0.1) is 0 Å². The van der Waals surface area contributed by atoms with Gasteiger partial charge in [0.15, 0.2) is 5.78 Å². The molecule has 1 unspecified atom stereocenters. The number of carbonyl (C=O) groups is 2. The molecule has 4 fully saturated rings. The summed E-state index contributed by atoms with van der Waals surface area (Å²) in [5.41, 5.74) is -0.535. The molecule has 3 aliphatic carbocycles. The monoisotopic (exact) mass is 251 g/mol. The number of rotatable bonds is 2. The van der Waals surface area contributed by atoms with Gasteiger partial charge in [-0.1, -0.05) is 0 Å². The van der Waals surface area contributed by atoms with Gasteiger partial charge in [0, 0.05) is 12.0 Å². The molecule has 1 heterocycles. The molecule has 0 radical (unpaired) electrons. The molecule has 4 nitrogen and oxygen atoms in total. The predicted octanol–water partition coefficient (Wildman–Crippen LogP) is 2.37. The second kappa shape index (κ2) is 3.49. The minimum Gasteiger partial charge on any atom is -0.444 e. The van der Waals surface area contributed by atoms with Crippen molar-refractivity contribution in [3.8, 4) is 0 Å². The van der Waals surface area contributed by atoms with Gasteiger partial charge < -0.3 is 4.74 Å². The van der Waals surface area contributed by atoms with Gasteiger partial charge in [-0.3, -0.25) is 9.69 Å². The van der Waals surface area contributed by atoms with Crippen molar-refractivity contribution in [2.45, 2.75) is 58.1 Å². The molecule has 1 amide bonds. The highest BCUT2D eigenvalue weighted by Crippen LogP contribution is 2.65. The van der Waals surface area contributed by atoms with Crippen LogP contribution in [-0.4, -0.2) is 35.0 Å². The number of hydrogen-bond donors (Lipinski definition) is 0. The van der Waals surface area contributed by atoms with Gasteiger partial charge in [0.25, 0.3) is 0 Å². The molecule has 0 aromatic carbocycles. The lowest BCUT2D eigenvalue weighted by Gasteiger charge is -2.62. The number of ether oxygens (including phenoxy) is 1. The van der Waals surface area contributed by atoms with Crippen molar-refractivity contribution >= 4 is 11.9 Å². The molecule has 2 bridgehead atoms. The van der Waals surface area contributed by atoms with Gasteiger partial charge >= 0.3 is 6.09 Å². The highest BCUT2D eigenvalue weighted by Gasteiger charge is 2.63. The number of hydrogen-bond acceptors (Lipinski definition) is 3. The summed E-state index contributed by atoms with van der Waals surface area (Å²) in [6.07, 6.45) is 3.66. The highest BCUT2D eigenvalue weighted by molar-refractivity contribution is 5.95. The van der Waals surface area contributed by atoms with Gasteiger partial charge in [0.05, 0.1) is 6.04 Å². The summed E-state index contributed by atoms with van der Waals surface area (Å²) in [6, 6.07) is -0.207. The number of amides is 1. The lowest BCUT2D eigenvalue weighted by molar-refractivity contribution is -0.171. The van der Waals surface area contributed by atoms with Gasteiger partial charge in [0.2, 0.25) is 0 Å². The Kier molecular flexibility index (Phi) is 2.32. The maximum Gasteiger partial charge on any atom is 0.410 e. The molecular weight excluding hydrogens is 230 g/mol. The molecule has 0 aromatic heterocycles. The molecule has 4 heteroatoms. The largest absolute Gasteiger partial charge is 0.444 e. The molecule has 4 rings (SSSR count). The Labute approximate surface area is 108 Å². The minimum atomic E-state index is -0.489. The molecule has 3 saturated carbocycles. The zero-order valence-electron chi connectivity index (χ0n) is 11.4. The molecule has 4 aliphatic rings. The Morgan fingerprint density at radius 2 is 1.83 bits per heavy atom. The molecule has 1 aliphatic heterocycles. The van der Waals surface area contributed by atoms with Crippen LogP contribution in [0.5, 0.6) is 0 Å². The summed E-state index contributed by atoms with van der Waals surface area (Å²) in [7, 11) is 0. The molecule has 18 heavy (non-hydrogen) atoms. The van der Waals surface area contributed by atoms with Crippen molar-refractivity contribution in [2.75, 3.05) is 6.54 Å². The Morgan fingerprint density at radius 1 is 1.22 bits per heavy atom. The van der Waals surface area contributed by atoms with E-state index in [4.69, 9.17) is 4.74 Å². The Bertz CT molecular complexity index is 393. The van der Waals surface area contributed by atoms with Crippen LogP contribution in [0.1, 0.15) is 46.5 Å². The number of likely N-dealkylation sites (tertiary alicyclic amines) is 1. The van der Waals surface area contributed by atoms with E-state index >= 15 is 0 Å². The molecule has 1 saturated heterocycles. The first-order valence-electron chi connectivity index (χ1n) is 6.85. The number of nitrogens with zero attached hydrogens (tertiary/aromatic N) is 1. The lowest BCUT2D eigenvalue weighted by Crippen LogP contribution is -2.66. The van der Waals surface area contributed by atoms with Crippen LogP contribution in [0.2, 0.25) is 0 Å². The molecule has 0 N–H and O–H groups in total. The average Bonchev–Trinajstić information content (AvgIpc) is 1.89. The summed E-state index contributed by atoms with van der Waals surface area (Å²) in [6.45, 7) is 6.21. The molecule has 1 atom stereocenters. The summed E-state index contributed by atoms with van der Waals surface area (Å²) in [4.78, 5) is 26.0. The summed E-state index contributed by atoms with van der Waals surface area (Å²) < 4.78 is 5.33. The lowest BCUT2D eigenvalue weighted by atomic mass is 9.42. The van der Waals surface area contributed by atoms with Crippen LogP contribution in [0.25, 0.3) is 0 Å². The number of carbonyl (C=O) groups excluding carboxylic acids is 2. The van der Waals surface area contributed by atoms with Crippen molar-refractivity contribution in [3.05, 3.63) is 0 Å².